The van der Waals surface area contributed by atoms with Gasteiger partial charge in [-0.25, -0.2) is 4.98 Å². The monoisotopic (exact) mass is 260 g/mol. The van der Waals surface area contributed by atoms with E-state index in [0.29, 0.717) is 0 Å². The van der Waals surface area contributed by atoms with Crippen LogP contribution in [0, 0.1) is 6.92 Å². The van der Waals surface area contributed by atoms with E-state index in [4.69, 9.17) is 0 Å². The number of hydrogen-bond acceptors (Lipinski definition) is 3. The van der Waals surface area contributed by atoms with Crippen LogP contribution in [0.15, 0.2) is 40.3 Å². The van der Waals surface area contributed by atoms with Crippen molar-refractivity contribution < 1.29 is 0 Å². The topological polar surface area (TPSA) is 34.9 Å². The van der Waals surface area contributed by atoms with E-state index in [0.717, 1.165) is 22.7 Å². The van der Waals surface area contributed by atoms with Gasteiger partial charge in [0.15, 0.2) is 0 Å². The predicted molar refractivity (Wildman–Crippen MR) is 75.7 cm³/mol. The van der Waals surface area contributed by atoms with Gasteiger partial charge in [0.25, 0.3) is 5.56 Å². The first-order valence-corrected chi connectivity index (χ1v) is 7.11. The molecule has 0 aliphatic rings. The van der Waals surface area contributed by atoms with Gasteiger partial charge in [-0.05, 0) is 31.7 Å². The second-order valence-electron chi connectivity index (χ2n) is 4.09. The highest BCUT2D eigenvalue weighted by Gasteiger charge is 2.10. The van der Waals surface area contributed by atoms with Gasteiger partial charge in [0.2, 0.25) is 0 Å². The molecule has 0 bridgehead atoms. The Morgan fingerprint density at radius 1 is 1.28 bits per heavy atom. The molecule has 0 radical (unpaired) electrons. The van der Waals surface area contributed by atoms with E-state index in [1.54, 1.807) is 10.9 Å². The molecule has 3 nitrogen and oxygen atoms in total. The SMILES string of the molecule is CCc1ncn(-c2ccc(C)cc2)c(=O)c1SC. The van der Waals surface area contributed by atoms with Gasteiger partial charge < -0.3 is 0 Å². The van der Waals surface area contributed by atoms with Gasteiger partial charge in [0, 0.05) is 0 Å². The minimum absolute atomic E-state index is 0.0122. The lowest BCUT2D eigenvalue weighted by Gasteiger charge is -2.09. The molecule has 0 fully saturated rings. The van der Waals surface area contributed by atoms with Crippen molar-refractivity contribution in [2.24, 2.45) is 0 Å². The summed E-state index contributed by atoms with van der Waals surface area (Å²) in [6.45, 7) is 4.04. The second kappa shape index (κ2) is 5.40. The molecule has 0 amide bonds. The van der Waals surface area contributed by atoms with E-state index in [-0.39, 0.29) is 5.56 Å². The Bertz CT molecular complexity index is 602. The summed E-state index contributed by atoms with van der Waals surface area (Å²) in [5.74, 6) is 0. The fourth-order valence-corrected chi connectivity index (χ4v) is 2.52. The molecular weight excluding hydrogens is 244 g/mol. The number of aryl methyl sites for hydroxylation is 2. The maximum Gasteiger partial charge on any atom is 0.271 e. The van der Waals surface area contributed by atoms with E-state index in [1.165, 1.54) is 17.3 Å². The number of hydrogen-bond donors (Lipinski definition) is 0. The van der Waals surface area contributed by atoms with Gasteiger partial charge in [-0.3, -0.25) is 9.36 Å². The Kier molecular flexibility index (Phi) is 3.87. The minimum atomic E-state index is 0.0122. The molecule has 1 aromatic carbocycles. The number of aromatic nitrogens is 2. The highest BCUT2D eigenvalue weighted by molar-refractivity contribution is 7.98. The Labute approximate surface area is 111 Å². The summed E-state index contributed by atoms with van der Waals surface area (Å²) >= 11 is 1.46. The molecule has 0 unspecified atom stereocenters. The van der Waals surface area contributed by atoms with Crippen LogP contribution in [0.5, 0.6) is 0 Å². The molecule has 2 rings (SSSR count). The maximum absolute atomic E-state index is 12.4. The van der Waals surface area contributed by atoms with Crippen molar-refractivity contribution in [3.63, 3.8) is 0 Å². The van der Waals surface area contributed by atoms with Crippen molar-refractivity contribution in [2.75, 3.05) is 6.26 Å². The number of benzene rings is 1. The van der Waals surface area contributed by atoms with Crippen LogP contribution in [0.2, 0.25) is 0 Å². The maximum atomic E-state index is 12.4. The zero-order valence-corrected chi connectivity index (χ0v) is 11.6. The normalized spacial score (nSPS) is 10.6. The quantitative estimate of drug-likeness (QED) is 0.796. The third-order valence-corrected chi connectivity index (χ3v) is 3.67. The molecular formula is C14H16N2OS. The lowest BCUT2D eigenvalue weighted by Crippen LogP contribution is -2.22. The van der Waals surface area contributed by atoms with E-state index in [2.05, 4.69) is 4.98 Å². The molecule has 94 valence electrons. The average molecular weight is 260 g/mol. The standard InChI is InChI=1S/C14H16N2OS/c1-4-12-13(18-3)14(17)16(9-15-12)11-7-5-10(2)6-8-11/h5-9H,4H2,1-3H3. The first kappa shape index (κ1) is 12.9. The summed E-state index contributed by atoms with van der Waals surface area (Å²) in [5, 5.41) is 0. The molecule has 0 spiro atoms. The Morgan fingerprint density at radius 2 is 1.94 bits per heavy atom. The number of rotatable bonds is 3. The summed E-state index contributed by atoms with van der Waals surface area (Å²) in [7, 11) is 0. The lowest BCUT2D eigenvalue weighted by atomic mass is 10.2. The summed E-state index contributed by atoms with van der Waals surface area (Å²) in [5.41, 5.74) is 2.92. The van der Waals surface area contributed by atoms with Crippen LogP contribution in [0.3, 0.4) is 0 Å². The summed E-state index contributed by atoms with van der Waals surface area (Å²) < 4.78 is 1.60. The Morgan fingerprint density at radius 3 is 2.50 bits per heavy atom. The van der Waals surface area contributed by atoms with Crippen molar-refractivity contribution >= 4 is 11.8 Å². The van der Waals surface area contributed by atoms with Crippen molar-refractivity contribution in [3.05, 3.63) is 52.2 Å². The van der Waals surface area contributed by atoms with E-state index >= 15 is 0 Å². The molecule has 0 N–H and O–H groups in total. The van der Waals surface area contributed by atoms with Gasteiger partial charge in [-0.15, -0.1) is 11.8 Å². The highest BCUT2D eigenvalue weighted by atomic mass is 32.2. The molecule has 0 aliphatic heterocycles. The van der Waals surface area contributed by atoms with Crippen molar-refractivity contribution in [2.45, 2.75) is 25.2 Å². The molecule has 0 saturated heterocycles. The molecule has 2 aromatic rings. The van der Waals surface area contributed by atoms with Gasteiger partial charge in [0.05, 0.1) is 16.3 Å². The average Bonchev–Trinajstić information content (AvgIpc) is 2.39. The van der Waals surface area contributed by atoms with Crippen LogP contribution in [-0.2, 0) is 6.42 Å². The Balaban J connectivity index is 2.59. The highest BCUT2D eigenvalue weighted by Crippen LogP contribution is 2.15. The van der Waals surface area contributed by atoms with Gasteiger partial charge in [-0.1, -0.05) is 24.6 Å². The molecule has 0 aliphatic carbocycles. The van der Waals surface area contributed by atoms with Crippen molar-refractivity contribution in [1.29, 1.82) is 0 Å². The first-order valence-electron chi connectivity index (χ1n) is 5.89. The third kappa shape index (κ3) is 2.34. The molecule has 4 heteroatoms. The summed E-state index contributed by atoms with van der Waals surface area (Å²) in [6, 6.07) is 7.87. The molecule has 18 heavy (non-hydrogen) atoms. The van der Waals surface area contributed by atoms with Crippen LogP contribution >= 0.6 is 11.8 Å². The zero-order chi connectivity index (χ0) is 13.1. The van der Waals surface area contributed by atoms with Gasteiger partial charge in [-0.2, -0.15) is 0 Å². The Hall–Kier alpha value is -1.55. The fourth-order valence-electron chi connectivity index (χ4n) is 1.82. The smallest absolute Gasteiger partial charge is 0.268 e. The van der Waals surface area contributed by atoms with E-state index in [1.807, 2.05) is 44.4 Å². The largest absolute Gasteiger partial charge is 0.271 e. The number of nitrogens with zero attached hydrogens (tertiary/aromatic N) is 2. The van der Waals surface area contributed by atoms with Crippen LogP contribution in [0.4, 0.5) is 0 Å². The second-order valence-corrected chi connectivity index (χ2v) is 4.91. The molecule has 1 heterocycles. The van der Waals surface area contributed by atoms with Gasteiger partial charge in [0.1, 0.15) is 6.33 Å². The molecule has 0 atom stereocenters. The number of thioether (sulfide) groups is 1. The minimum Gasteiger partial charge on any atom is -0.268 e. The lowest BCUT2D eigenvalue weighted by molar-refractivity contribution is 0.835. The first-order chi connectivity index (χ1) is 8.67. The van der Waals surface area contributed by atoms with Crippen LogP contribution in [0.25, 0.3) is 5.69 Å². The van der Waals surface area contributed by atoms with Crippen LogP contribution in [0.1, 0.15) is 18.2 Å². The third-order valence-electron chi connectivity index (χ3n) is 2.86. The molecule has 1 aromatic heterocycles. The van der Waals surface area contributed by atoms with Crippen LogP contribution < -0.4 is 5.56 Å². The van der Waals surface area contributed by atoms with Crippen molar-refractivity contribution in [3.8, 4) is 5.69 Å². The van der Waals surface area contributed by atoms with Crippen molar-refractivity contribution in [1.82, 2.24) is 9.55 Å². The van der Waals surface area contributed by atoms with E-state index < -0.39 is 0 Å². The van der Waals surface area contributed by atoms with E-state index in [9.17, 15) is 4.79 Å². The summed E-state index contributed by atoms with van der Waals surface area (Å²) in [6.07, 6.45) is 4.31. The fraction of sp³-hybridized carbons (Fsp3) is 0.286. The zero-order valence-electron chi connectivity index (χ0n) is 10.8. The molecule has 0 saturated carbocycles. The van der Waals surface area contributed by atoms with Crippen LogP contribution in [-0.4, -0.2) is 15.8 Å². The summed E-state index contributed by atoms with van der Waals surface area (Å²) in [4.78, 5) is 17.5. The predicted octanol–water partition coefficient (Wildman–Crippen LogP) is 2.83. The van der Waals surface area contributed by atoms with Gasteiger partial charge >= 0.3 is 0 Å².